The van der Waals surface area contributed by atoms with Crippen LogP contribution < -0.4 is 15.4 Å². The van der Waals surface area contributed by atoms with E-state index in [4.69, 9.17) is 4.74 Å². The second kappa shape index (κ2) is 10.8. The average molecular weight is 454 g/mol. The summed E-state index contributed by atoms with van der Waals surface area (Å²) in [6, 6.07) is 14.7. The Morgan fingerprint density at radius 2 is 1.62 bits per heavy atom. The number of carbonyl (C=O) groups is 2. The van der Waals surface area contributed by atoms with Gasteiger partial charge in [0.25, 0.3) is 0 Å². The van der Waals surface area contributed by atoms with Gasteiger partial charge in [0, 0.05) is 30.4 Å². The topological polar surface area (TPSA) is 98.1 Å². The summed E-state index contributed by atoms with van der Waals surface area (Å²) in [6.45, 7) is 6.45. The van der Waals surface area contributed by atoms with Crippen molar-refractivity contribution in [3.63, 3.8) is 0 Å². The van der Waals surface area contributed by atoms with Gasteiger partial charge in [0.1, 0.15) is 5.75 Å². The number of amides is 2. The first-order valence-electron chi connectivity index (χ1n) is 10.2. The first-order valence-corrected chi connectivity index (χ1v) is 11.2. The lowest BCUT2D eigenvalue weighted by atomic mass is 10.2. The van der Waals surface area contributed by atoms with E-state index < -0.39 is 0 Å². The molecule has 0 saturated heterocycles. The number of rotatable bonds is 9. The van der Waals surface area contributed by atoms with Gasteiger partial charge in [0.2, 0.25) is 11.8 Å². The number of nitrogens with one attached hydrogen (secondary N) is 2. The van der Waals surface area contributed by atoms with E-state index in [1.54, 1.807) is 31.4 Å². The monoisotopic (exact) mass is 453 g/mol. The number of carbonyl (C=O) groups excluding carboxylic acids is 2. The minimum absolute atomic E-state index is 0.141. The largest absolute Gasteiger partial charge is 0.497 e. The SMILES string of the molecule is COc1ccc(-c2nnc(SCC(=O)Nc3ccc(NC(C)=O)cc3)n2CC(C)C)cc1. The number of benzene rings is 2. The molecule has 0 saturated carbocycles. The maximum atomic E-state index is 12.5. The summed E-state index contributed by atoms with van der Waals surface area (Å²) >= 11 is 1.35. The average Bonchev–Trinajstić information content (AvgIpc) is 3.15. The highest BCUT2D eigenvalue weighted by molar-refractivity contribution is 7.99. The lowest BCUT2D eigenvalue weighted by Gasteiger charge is -2.13. The van der Waals surface area contributed by atoms with Gasteiger partial charge in [-0.2, -0.15) is 0 Å². The molecule has 0 aliphatic carbocycles. The predicted octanol–water partition coefficient (Wildman–Crippen LogP) is 4.30. The van der Waals surface area contributed by atoms with Crippen LogP contribution in [0.5, 0.6) is 5.75 Å². The highest BCUT2D eigenvalue weighted by atomic mass is 32.2. The van der Waals surface area contributed by atoms with Crippen LogP contribution in [0.1, 0.15) is 20.8 Å². The number of hydrogen-bond acceptors (Lipinski definition) is 6. The van der Waals surface area contributed by atoms with Gasteiger partial charge in [0.15, 0.2) is 11.0 Å². The highest BCUT2D eigenvalue weighted by Crippen LogP contribution is 2.27. The van der Waals surface area contributed by atoms with Gasteiger partial charge < -0.3 is 19.9 Å². The molecule has 3 rings (SSSR count). The molecule has 0 unspecified atom stereocenters. The van der Waals surface area contributed by atoms with E-state index in [0.29, 0.717) is 22.4 Å². The Bertz CT molecular complexity index is 1060. The zero-order valence-electron chi connectivity index (χ0n) is 18.6. The maximum absolute atomic E-state index is 12.5. The zero-order valence-corrected chi connectivity index (χ0v) is 19.4. The molecule has 1 heterocycles. The molecular weight excluding hydrogens is 426 g/mol. The van der Waals surface area contributed by atoms with Gasteiger partial charge in [-0.15, -0.1) is 10.2 Å². The number of anilines is 2. The summed E-state index contributed by atoms with van der Waals surface area (Å²) in [5.74, 6) is 1.84. The minimum atomic E-state index is -0.146. The Hall–Kier alpha value is -3.33. The molecule has 0 radical (unpaired) electrons. The zero-order chi connectivity index (χ0) is 23.1. The van der Waals surface area contributed by atoms with E-state index in [0.717, 1.165) is 23.7 Å². The smallest absolute Gasteiger partial charge is 0.234 e. The van der Waals surface area contributed by atoms with Crippen molar-refractivity contribution in [2.75, 3.05) is 23.5 Å². The van der Waals surface area contributed by atoms with Gasteiger partial charge >= 0.3 is 0 Å². The van der Waals surface area contributed by atoms with Crippen LogP contribution in [0.4, 0.5) is 11.4 Å². The Balaban J connectivity index is 1.67. The lowest BCUT2D eigenvalue weighted by molar-refractivity contribution is -0.114. The molecule has 0 spiro atoms. The van der Waals surface area contributed by atoms with Gasteiger partial charge in [-0.1, -0.05) is 25.6 Å². The van der Waals surface area contributed by atoms with Crippen LogP contribution in [0.2, 0.25) is 0 Å². The fourth-order valence-electron chi connectivity index (χ4n) is 3.05. The molecule has 2 aromatic carbocycles. The van der Waals surface area contributed by atoms with Crippen molar-refractivity contribution < 1.29 is 14.3 Å². The molecule has 168 valence electrons. The Labute approximate surface area is 191 Å². The predicted molar refractivity (Wildman–Crippen MR) is 127 cm³/mol. The van der Waals surface area contributed by atoms with Crippen molar-refractivity contribution in [2.24, 2.45) is 5.92 Å². The van der Waals surface area contributed by atoms with Crippen molar-refractivity contribution >= 4 is 35.0 Å². The van der Waals surface area contributed by atoms with E-state index in [1.807, 2.05) is 28.8 Å². The molecule has 0 aliphatic rings. The molecule has 1 aromatic heterocycles. The van der Waals surface area contributed by atoms with Crippen LogP contribution in [-0.4, -0.2) is 39.4 Å². The summed E-state index contributed by atoms with van der Waals surface area (Å²) in [5.41, 5.74) is 2.28. The molecule has 0 atom stereocenters. The molecule has 8 nitrogen and oxygen atoms in total. The number of nitrogens with zero attached hydrogens (tertiary/aromatic N) is 3. The lowest BCUT2D eigenvalue weighted by Crippen LogP contribution is -2.15. The Kier molecular flexibility index (Phi) is 7.88. The van der Waals surface area contributed by atoms with E-state index in [2.05, 4.69) is 34.7 Å². The van der Waals surface area contributed by atoms with E-state index in [1.165, 1.54) is 18.7 Å². The third-order valence-electron chi connectivity index (χ3n) is 4.43. The first-order chi connectivity index (χ1) is 15.4. The third-order valence-corrected chi connectivity index (χ3v) is 5.40. The van der Waals surface area contributed by atoms with Gasteiger partial charge in [-0.05, 0) is 54.4 Å². The summed E-state index contributed by atoms with van der Waals surface area (Å²) < 4.78 is 7.28. The summed E-state index contributed by atoms with van der Waals surface area (Å²) in [4.78, 5) is 23.6. The fourth-order valence-corrected chi connectivity index (χ4v) is 3.79. The van der Waals surface area contributed by atoms with Crippen molar-refractivity contribution in [3.8, 4) is 17.1 Å². The standard InChI is InChI=1S/C23H27N5O3S/c1-15(2)13-28-22(17-5-11-20(31-4)12-6-17)26-27-23(28)32-14-21(30)25-19-9-7-18(8-10-19)24-16(3)29/h5-12,15H,13-14H2,1-4H3,(H,24,29)(H,25,30). The number of ether oxygens (including phenoxy) is 1. The van der Waals surface area contributed by atoms with Gasteiger partial charge in [-0.3, -0.25) is 9.59 Å². The van der Waals surface area contributed by atoms with Gasteiger partial charge in [0.05, 0.1) is 12.9 Å². The van der Waals surface area contributed by atoms with E-state index >= 15 is 0 Å². The molecule has 0 fully saturated rings. The molecule has 0 bridgehead atoms. The van der Waals surface area contributed by atoms with Crippen LogP contribution in [0.25, 0.3) is 11.4 Å². The molecule has 2 N–H and O–H groups in total. The molecule has 0 aliphatic heterocycles. The third kappa shape index (κ3) is 6.34. The second-order valence-corrected chi connectivity index (χ2v) is 8.58. The van der Waals surface area contributed by atoms with Crippen LogP contribution in [0.15, 0.2) is 53.7 Å². The molecule has 2 amide bonds. The van der Waals surface area contributed by atoms with E-state index in [-0.39, 0.29) is 17.6 Å². The minimum Gasteiger partial charge on any atom is -0.497 e. The number of thioether (sulfide) groups is 1. The fraction of sp³-hybridized carbons (Fsp3) is 0.304. The number of methoxy groups -OCH3 is 1. The van der Waals surface area contributed by atoms with E-state index in [9.17, 15) is 9.59 Å². The summed E-state index contributed by atoms with van der Waals surface area (Å²) in [7, 11) is 1.63. The quantitative estimate of drug-likeness (QED) is 0.469. The Morgan fingerprint density at radius 3 is 2.19 bits per heavy atom. The molecule has 9 heteroatoms. The van der Waals surface area contributed by atoms with Crippen LogP contribution in [0, 0.1) is 5.92 Å². The first kappa shape index (κ1) is 23.3. The Morgan fingerprint density at radius 1 is 1.00 bits per heavy atom. The van der Waals surface area contributed by atoms with Gasteiger partial charge in [-0.25, -0.2) is 0 Å². The second-order valence-electron chi connectivity index (χ2n) is 7.63. The number of hydrogen-bond donors (Lipinski definition) is 2. The maximum Gasteiger partial charge on any atom is 0.234 e. The van der Waals surface area contributed by atoms with Crippen molar-refractivity contribution in [1.82, 2.24) is 14.8 Å². The molecule has 32 heavy (non-hydrogen) atoms. The summed E-state index contributed by atoms with van der Waals surface area (Å²) in [5, 5.41) is 15.0. The van der Waals surface area contributed by atoms with Crippen molar-refractivity contribution in [2.45, 2.75) is 32.5 Å². The molecule has 3 aromatic rings. The number of aromatic nitrogens is 3. The summed E-state index contributed by atoms with van der Waals surface area (Å²) in [6.07, 6.45) is 0. The highest BCUT2D eigenvalue weighted by Gasteiger charge is 2.17. The van der Waals surface area contributed by atoms with Crippen molar-refractivity contribution in [3.05, 3.63) is 48.5 Å². The van der Waals surface area contributed by atoms with Crippen LogP contribution >= 0.6 is 11.8 Å². The van der Waals surface area contributed by atoms with Crippen LogP contribution in [0.3, 0.4) is 0 Å². The van der Waals surface area contributed by atoms with Crippen molar-refractivity contribution in [1.29, 1.82) is 0 Å². The normalized spacial score (nSPS) is 10.8. The van der Waals surface area contributed by atoms with Crippen LogP contribution in [-0.2, 0) is 16.1 Å². The molecular formula is C23H27N5O3S.